The van der Waals surface area contributed by atoms with E-state index in [0.717, 1.165) is 69.0 Å². The Morgan fingerprint density at radius 1 is 0.861 bits per heavy atom. The number of aromatic hydroxyl groups is 1. The van der Waals surface area contributed by atoms with Gasteiger partial charge in [0.2, 0.25) is 0 Å². The van der Waals surface area contributed by atoms with Gasteiger partial charge < -0.3 is 15.4 Å². The highest BCUT2D eigenvalue weighted by Gasteiger charge is 2.15. The lowest BCUT2D eigenvalue weighted by Crippen LogP contribution is -2.11. The quantitative estimate of drug-likeness (QED) is 0.243. The van der Waals surface area contributed by atoms with Crippen LogP contribution in [0, 0.1) is 5.82 Å². The van der Waals surface area contributed by atoms with Crippen molar-refractivity contribution in [3.63, 3.8) is 0 Å². The summed E-state index contributed by atoms with van der Waals surface area (Å²) >= 11 is 0. The number of fused-ring (bicyclic) bond motifs is 2. The van der Waals surface area contributed by atoms with E-state index in [4.69, 9.17) is 0 Å². The largest absolute Gasteiger partial charge is 0.508 e. The van der Waals surface area contributed by atoms with Gasteiger partial charge in [0.25, 0.3) is 0 Å². The normalized spacial score (nSPS) is 11.5. The van der Waals surface area contributed by atoms with Crippen LogP contribution in [0.25, 0.3) is 55.4 Å². The molecule has 6 aromatic rings. The van der Waals surface area contributed by atoms with Gasteiger partial charge in [0.15, 0.2) is 0 Å². The molecule has 8 heteroatoms. The molecule has 0 radical (unpaired) electrons. The van der Waals surface area contributed by atoms with Crippen LogP contribution in [0.5, 0.6) is 5.75 Å². The third-order valence-electron chi connectivity index (χ3n) is 6.26. The van der Waals surface area contributed by atoms with Gasteiger partial charge in [-0.05, 0) is 59.6 Å². The maximum atomic E-state index is 14.0. The highest BCUT2D eigenvalue weighted by molar-refractivity contribution is 6.01. The van der Waals surface area contributed by atoms with Gasteiger partial charge in [0.05, 0.1) is 22.9 Å². The lowest BCUT2D eigenvalue weighted by molar-refractivity contribution is 0.469. The van der Waals surface area contributed by atoms with Crippen molar-refractivity contribution >= 4 is 21.8 Å². The van der Waals surface area contributed by atoms with Gasteiger partial charge in [0, 0.05) is 53.1 Å². The van der Waals surface area contributed by atoms with Gasteiger partial charge in [-0.1, -0.05) is 13.0 Å². The molecule has 0 aliphatic rings. The zero-order chi connectivity index (χ0) is 24.6. The molecule has 4 aromatic heterocycles. The molecule has 0 fully saturated rings. The Balaban J connectivity index is 1.44. The summed E-state index contributed by atoms with van der Waals surface area (Å²) in [6.45, 7) is 3.75. The monoisotopic (exact) mass is 478 g/mol. The van der Waals surface area contributed by atoms with Gasteiger partial charge in [0.1, 0.15) is 17.3 Å². The topological polar surface area (TPSA) is 103 Å². The number of phenolic OH excluding ortho intramolecular Hbond substituents is 1. The number of nitrogens with zero attached hydrogens (tertiary/aromatic N) is 3. The van der Waals surface area contributed by atoms with Crippen LogP contribution in [0.15, 0.2) is 73.3 Å². The number of pyridine rings is 2. The predicted octanol–water partition coefficient (Wildman–Crippen LogP) is 5.79. The van der Waals surface area contributed by atoms with Gasteiger partial charge >= 0.3 is 0 Å². The maximum Gasteiger partial charge on any atom is 0.127 e. The molecular weight excluding hydrogens is 455 g/mol. The van der Waals surface area contributed by atoms with Crippen molar-refractivity contribution in [2.75, 3.05) is 6.54 Å². The molecule has 0 saturated carbocycles. The van der Waals surface area contributed by atoms with Crippen molar-refractivity contribution in [1.29, 1.82) is 0 Å². The van der Waals surface area contributed by atoms with Crippen molar-refractivity contribution in [2.24, 2.45) is 0 Å². The lowest BCUT2D eigenvalue weighted by Gasteiger charge is -2.06. The van der Waals surface area contributed by atoms with Crippen LogP contribution in [0.3, 0.4) is 0 Å². The zero-order valence-electron chi connectivity index (χ0n) is 19.5. The molecule has 0 aliphatic carbocycles. The average molecular weight is 479 g/mol. The molecule has 0 spiro atoms. The van der Waals surface area contributed by atoms with Gasteiger partial charge in [-0.2, -0.15) is 5.10 Å². The second kappa shape index (κ2) is 8.90. The van der Waals surface area contributed by atoms with Crippen LogP contribution >= 0.6 is 0 Å². The second-order valence-electron chi connectivity index (χ2n) is 8.72. The first kappa shape index (κ1) is 21.9. The van der Waals surface area contributed by atoms with E-state index in [2.05, 4.69) is 55.6 Å². The Morgan fingerprint density at radius 2 is 1.75 bits per heavy atom. The minimum atomic E-state index is -0.507. The maximum absolute atomic E-state index is 14.0. The number of rotatable bonds is 6. The molecule has 6 rings (SSSR count). The van der Waals surface area contributed by atoms with Crippen LogP contribution in [0.1, 0.15) is 12.5 Å². The minimum absolute atomic E-state index is 0.132. The van der Waals surface area contributed by atoms with E-state index in [1.807, 2.05) is 24.5 Å². The summed E-state index contributed by atoms with van der Waals surface area (Å²) in [5.74, 6) is -0.639. The molecule has 0 saturated heterocycles. The van der Waals surface area contributed by atoms with Crippen LogP contribution < -0.4 is 5.32 Å². The smallest absolute Gasteiger partial charge is 0.127 e. The van der Waals surface area contributed by atoms with E-state index < -0.39 is 5.82 Å². The number of hydrogen-bond donors (Lipinski definition) is 4. The summed E-state index contributed by atoms with van der Waals surface area (Å²) in [6, 6.07) is 14.3. The van der Waals surface area contributed by atoms with E-state index in [1.54, 1.807) is 12.4 Å². The Kier molecular flexibility index (Phi) is 5.42. The number of aromatic amines is 2. The molecule has 0 unspecified atom stereocenters. The highest BCUT2D eigenvalue weighted by atomic mass is 19.1. The first-order chi connectivity index (χ1) is 17.6. The summed E-state index contributed by atoms with van der Waals surface area (Å²) < 4.78 is 14.0. The van der Waals surface area contributed by atoms with Crippen molar-refractivity contribution < 1.29 is 9.50 Å². The minimum Gasteiger partial charge on any atom is -0.508 e. The van der Waals surface area contributed by atoms with Crippen molar-refractivity contribution in [2.45, 2.75) is 13.5 Å². The number of halogens is 1. The number of nitrogens with one attached hydrogen (secondary N) is 3. The SMILES string of the molecule is CCNCc1cncc(-c2ccc3[nH]nc(-c4cc5c(-c6cc(O)cc(F)c6)cncc5[nH]4)c3c2)c1. The zero-order valence-corrected chi connectivity index (χ0v) is 19.5. The van der Waals surface area contributed by atoms with Crippen LogP contribution in [-0.4, -0.2) is 36.8 Å². The van der Waals surface area contributed by atoms with E-state index in [0.29, 0.717) is 11.1 Å². The fraction of sp³-hybridized carbons (Fsp3) is 0.107. The summed E-state index contributed by atoms with van der Waals surface area (Å²) in [7, 11) is 0. The summed E-state index contributed by atoms with van der Waals surface area (Å²) in [4.78, 5) is 12.1. The third-order valence-corrected chi connectivity index (χ3v) is 6.26. The highest BCUT2D eigenvalue weighted by Crippen LogP contribution is 2.35. The molecule has 0 amide bonds. The van der Waals surface area contributed by atoms with Crippen LogP contribution in [0.2, 0.25) is 0 Å². The molecule has 178 valence electrons. The molecule has 0 aliphatic heterocycles. The average Bonchev–Trinajstić information content (AvgIpc) is 3.50. The Bertz CT molecular complexity index is 1700. The Hall–Kier alpha value is -4.56. The van der Waals surface area contributed by atoms with Gasteiger partial charge in [-0.3, -0.25) is 15.1 Å². The summed E-state index contributed by atoms with van der Waals surface area (Å²) in [5, 5.41) is 22.7. The first-order valence-electron chi connectivity index (χ1n) is 11.7. The molecule has 4 heterocycles. The molecule has 0 atom stereocenters. The molecule has 7 nitrogen and oxygen atoms in total. The number of aromatic nitrogens is 5. The van der Waals surface area contributed by atoms with Crippen molar-refractivity contribution in [3.8, 4) is 39.4 Å². The van der Waals surface area contributed by atoms with Gasteiger partial charge in [-0.15, -0.1) is 0 Å². The second-order valence-corrected chi connectivity index (χ2v) is 8.72. The number of phenols is 1. The van der Waals surface area contributed by atoms with E-state index >= 15 is 0 Å². The van der Waals surface area contributed by atoms with Crippen LogP contribution in [0.4, 0.5) is 4.39 Å². The fourth-order valence-electron chi connectivity index (χ4n) is 4.55. The number of hydrogen-bond acceptors (Lipinski definition) is 5. The number of benzene rings is 2. The lowest BCUT2D eigenvalue weighted by atomic mass is 10.0. The molecule has 36 heavy (non-hydrogen) atoms. The molecule has 0 bridgehead atoms. The Morgan fingerprint density at radius 3 is 2.61 bits per heavy atom. The first-order valence-corrected chi connectivity index (χ1v) is 11.7. The third kappa shape index (κ3) is 3.97. The van der Waals surface area contributed by atoms with E-state index in [-0.39, 0.29) is 5.75 Å². The van der Waals surface area contributed by atoms with Crippen molar-refractivity contribution in [1.82, 2.24) is 30.5 Å². The molecule has 4 N–H and O–H groups in total. The standard InChI is InChI=1S/C28H23FN6O/c1-2-30-11-16-5-19(13-31-12-16)17-3-4-25-23(8-17)28(35-34-25)26-10-22-24(14-32-15-27(22)33-26)18-6-20(29)9-21(36)7-18/h3-10,12-15,30,33,36H,2,11H2,1H3,(H,34,35). The van der Waals surface area contributed by atoms with E-state index in [1.165, 1.54) is 12.1 Å². The number of H-pyrrole nitrogens is 2. The Labute approximate surface area is 206 Å². The van der Waals surface area contributed by atoms with E-state index in [9.17, 15) is 9.50 Å². The van der Waals surface area contributed by atoms with Crippen LogP contribution in [-0.2, 0) is 6.54 Å². The molecule has 2 aromatic carbocycles. The fourth-order valence-corrected chi connectivity index (χ4v) is 4.55. The van der Waals surface area contributed by atoms with Crippen molar-refractivity contribution in [3.05, 3.63) is 84.7 Å². The summed E-state index contributed by atoms with van der Waals surface area (Å²) in [6.07, 6.45) is 7.14. The predicted molar refractivity (Wildman–Crippen MR) is 139 cm³/mol. The molecular formula is C28H23FN6O. The van der Waals surface area contributed by atoms with Gasteiger partial charge in [-0.25, -0.2) is 4.39 Å². The summed E-state index contributed by atoms with van der Waals surface area (Å²) in [5.41, 5.74) is 7.76.